The summed E-state index contributed by atoms with van der Waals surface area (Å²) in [7, 11) is 0. The molecule has 0 atom stereocenters. The fourth-order valence-corrected chi connectivity index (χ4v) is 0.261. The largest absolute Gasteiger partial charge is 0.480 e. The molecule has 0 aliphatic heterocycles. The highest BCUT2D eigenvalue weighted by atomic mass is 16.4. The second-order valence-corrected chi connectivity index (χ2v) is 1.48. The van der Waals surface area contributed by atoms with Crippen molar-refractivity contribution in [3.05, 3.63) is 24.9 Å². The normalized spacial score (nSPS) is 8.00. The van der Waals surface area contributed by atoms with Crippen molar-refractivity contribution in [3.8, 4) is 0 Å². The average Bonchev–Trinajstić information content (AvgIpc) is 1.83. The number of aliphatic carboxylic acids is 1. The molecule has 50 valence electrons. The zero-order chi connectivity index (χ0) is 7.28. The van der Waals surface area contributed by atoms with E-state index in [2.05, 4.69) is 18.5 Å². The lowest BCUT2D eigenvalue weighted by molar-refractivity contribution is -0.135. The Hall–Kier alpha value is -1.25. The zero-order valence-electron chi connectivity index (χ0n) is 5.05. The van der Waals surface area contributed by atoms with Crippen LogP contribution in [0.1, 0.15) is 0 Å². The molecule has 0 spiro atoms. The molecular weight excluding hydrogens is 118 g/mol. The molecule has 0 saturated heterocycles. The van der Waals surface area contributed by atoms with E-state index in [0.29, 0.717) is 5.70 Å². The van der Waals surface area contributed by atoms with Crippen LogP contribution in [0.5, 0.6) is 0 Å². The van der Waals surface area contributed by atoms with Crippen LogP contribution in [-0.2, 0) is 4.79 Å². The molecule has 0 aromatic heterocycles. The van der Waals surface area contributed by atoms with Crippen LogP contribution in [0, 0.1) is 0 Å². The highest BCUT2D eigenvalue weighted by Crippen LogP contribution is 1.80. The topological polar surface area (TPSA) is 49.3 Å². The molecule has 0 bridgehead atoms. The predicted molar refractivity (Wildman–Crippen MR) is 35.0 cm³/mol. The minimum atomic E-state index is -0.905. The van der Waals surface area contributed by atoms with Crippen molar-refractivity contribution in [2.45, 2.75) is 0 Å². The van der Waals surface area contributed by atoms with E-state index in [1.807, 2.05) is 0 Å². The summed E-state index contributed by atoms with van der Waals surface area (Å²) in [5.41, 5.74) is 0.525. The van der Waals surface area contributed by atoms with Gasteiger partial charge in [-0.3, -0.25) is 4.79 Å². The van der Waals surface area contributed by atoms with E-state index in [0.717, 1.165) is 0 Å². The smallest absolute Gasteiger partial charge is 0.322 e. The minimum absolute atomic E-state index is 0.106. The van der Waals surface area contributed by atoms with E-state index in [-0.39, 0.29) is 6.54 Å². The van der Waals surface area contributed by atoms with Gasteiger partial charge in [0.2, 0.25) is 0 Å². The highest BCUT2D eigenvalue weighted by molar-refractivity contribution is 5.69. The van der Waals surface area contributed by atoms with Crippen LogP contribution in [0.15, 0.2) is 24.9 Å². The summed E-state index contributed by atoms with van der Waals surface area (Å²) >= 11 is 0. The first kappa shape index (κ1) is 7.75. The lowest BCUT2D eigenvalue weighted by Gasteiger charge is -1.98. The SMILES string of the molecule is C=CC(=C)NCC(=O)O. The Morgan fingerprint density at radius 2 is 2.33 bits per heavy atom. The average molecular weight is 127 g/mol. The molecule has 0 aromatic rings. The van der Waals surface area contributed by atoms with Crippen LogP contribution < -0.4 is 5.32 Å². The van der Waals surface area contributed by atoms with Crippen LogP contribution >= 0.6 is 0 Å². The summed E-state index contributed by atoms with van der Waals surface area (Å²) in [4.78, 5) is 9.88. The molecule has 0 radical (unpaired) electrons. The van der Waals surface area contributed by atoms with Crippen LogP contribution in [0.25, 0.3) is 0 Å². The minimum Gasteiger partial charge on any atom is -0.480 e. The summed E-state index contributed by atoms with van der Waals surface area (Å²) in [5.74, 6) is -0.905. The van der Waals surface area contributed by atoms with Gasteiger partial charge >= 0.3 is 5.97 Å². The number of carbonyl (C=O) groups is 1. The summed E-state index contributed by atoms with van der Waals surface area (Å²) in [6, 6.07) is 0. The Morgan fingerprint density at radius 1 is 1.78 bits per heavy atom. The Bertz CT molecular complexity index is 140. The van der Waals surface area contributed by atoms with Crippen LogP contribution in [0.2, 0.25) is 0 Å². The van der Waals surface area contributed by atoms with E-state index >= 15 is 0 Å². The predicted octanol–water partition coefficient (Wildman–Crippen LogP) is 0.360. The van der Waals surface area contributed by atoms with E-state index in [1.165, 1.54) is 6.08 Å². The van der Waals surface area contributed by atoms with Crippen LogP contribution in [0.4, 0.5) is 0 Å². The van der Waals surface area contributed by atoms with Gasteiger partial charge < -0.3 is 10.4 Å². The molecule has 0 aliphatic carbocycles. The monoisotopic (exact) mass is 127 g/mol. The molecule has 9 heavy (non-hydrogen) atoms. The molecule has 0 heterocycles. The summed E-state index contributed by atoms with van der Waals surface area (Å²) in [6.07, 6.45) is 1.46. The number of hydrogen-bond acceptors (Lipinski definition) is 2. The number of nitrogens with one attached hydrogen (secondary N) is 1. The number of rotatable bonds is 4. The third-order valence-corrected chi connectivity index (χ3v) is 0.713. The van der Waals surface area contributed by atoms with E-state index in [1.54, 1.807) is 0 Å². The Balaban J connectivity index is 3.39. The van der Waals surface area contributed by atoms with Gasteiger partial charge in [0.1, 0.15) is 6.54 Å². The van der Waals surface area contributed by atoms with Crippen molar-refractivity contribution in [3.63, 3.8) is 0 Å². The maximum absolute atomic E-state index is 9.88. The molecular formula is C6H9NO2. The van der Waals surface area contributed by atoms with Gasteiger partial charge in [-0.15, -0.1) is 0 Å². The summed E-state index contributed by atoms with van der Waals surface area (Å²) in [6.45, 7) is 6.73. The molecule has 0 saturated carbocycles. The Kier molecular flexibility index (Phi) is 3.20. The van der Waals surface area contributed by atoms with Gasteiger partial charge in [0.25, 0.3) is 0 Å². The quantitative estimate of drug-likeness (QED) is 0.536. The molecule has 0 aromatic carbocycles. The third kappa shape index (κ3) is 4.61. The Labute approximate surface area is 53.7 Å². The highest BCUT2D eigenvalue weighted by Gasteiger charge is 1.92. The van der Waals surface area contributed by atoms with Gasteiger partial charge in [0.15, 0.2) is 0 Å². The maximum atomic E-state index is 9.88. The first-order valence-corrected chi connectivity index (χ1v) is 2.44. The summed E-state index contributed by atoms with van der Waals surface area (Å²) < 4.78 is 0. The molecule has 0 fully saturated rings. The van der Waals surface area contributed by atoms with Crippen LogP contribution in [0.3, 0.4) is 0 Å². The van der Waals surface area contributed by atoms with Crippen molar-refractivity contribution in [1.29, 1.82) is 0 Å². The Morgan fingerprint density at radius 3 is 2.67 bits per heavy atom. The molecule has 3 nitrogen and oxygen atoms in total. The van der Waals surface area contributed by atoms with Gasteiger partial charge in [-0.05, 0) is 6.08 Å². The van der Waals surface area contributed by atoms with Gasteiger partial charge in [0.05, 0.1) is 0 Å². The van der Waals surface area contributed by atoms with E-state index in [4.69, 9.17) is 5.11 Å². The zero-order valence-corrected chi connectivity index (χ0v) is 5.05. The number of carboxylic acids is 1. The maximum Gasteiger partial charge on any atom is 0.322 e. The number of carboxylic acid groups (broad SMARTS) is 1. The lowest BCUT2D eigenvalue weighted by Crippen LogP contribution is -2.20. The van der Waals surface area contributed by atoms with Crippen molar-refractivity contribution in [2.24, 2.45) is 0 Å². The molecule has 0 aliphatic rings. The van der Waals surface area contributed by atoms with Gasteiger partial charge in [-0.1, -0.05) is 13.2 Å². The fraction of sp³-hybridized carbons (Fsp3) is 0.167. The van der Waals surface area contributed by atoms with Gasteiger partial charge in [0, 0.05) is 5.70 Å². The van der Waals surface area contributed by atoms with Crippen molar-refractivity contribution >= 4 is 5.97 Å². The van der Waals surface area contributed by atoms with Crippen molar-refractivity contribution in [1.82, 2.24) is 5.32 Å². The molecule has 0 unspecified atom stereocenters. The second-order valence-electron chi connectivity index (χ2n) is 1.48. The van der Waals surface area contributed by atoms with E-state index in [9.17, 15) is 4.79 Å². The van der Waals surface area contributed by atoms with Gasteiger partial charge in [-0.2, -0.15) is 0 Å². The van der Waals surface area contributed by atoms with Crippen LogP contribution in [-0.4, -0.2) is 17.6 Å². The summed E-state index contributed by atoms with van der Waals surface area (Å²) in [5, 5.41) is 10.6. The number of hydrogen-bond donors (Lipinski definition) is 2. The molecule has 2 N–H and O–H groups in total. The molecule has 0 amide bonds. The van der Waals surface area contributed by atoms with Crippen molar-refractivity contribution in [2.75, 3.05) is 6.54 Å². The number of allylic oxidation sites excluding steroid dienone is 1. The molecule has 0 rings (SSSR count). The molecule has 3 heteroatoms. The van der Waals surface area contributed by atoms with Gasteiger partial charge in [-0.25, -0.2) is 0 Å². The first-order chi connectivity index (χ1) is 4.16. The lowest BCUT2D eigenvalue weighted by atomic mass is 10.4. The van der Waals surface area contributed by atoms with E-state index < -0.39 is 5.97 Å². The first-order valence-electron chi connectivity index (χ1n) is 2.44. The standard InChI is InChI=1S/C6H9NO2/c1-3-5(2)7-4-6(8)9/h3,7H,1-2,4H2,(H,8,9). The fourth-order valence-electron chi connectivity index (χ4n) is 0.261. The van der Waals surface area contributed by atoms with Crippen molar-refractivity contribution < 1.29 is 9.90 Å². The second kappa shape index (κ2) is 3.72. The third-order valence-electron chi connectivity index (χ3n) is 0.713.